The van der Waals surface area contributed by atoms with Gasteiger partial charge in [-0.2, -0.15) is 0 Å². The molecular formula is C18H16N2. The summed E-state index contributed by atoms with van der Waals surface area (Å²) in [6.07, 6.45) is 0. The molecule has 0 bridgehead atoms. The van der Waals surface area contributed by atoms with E-state index in [0.717, 1.165) is 33.3 Å². The van der Waals surface area contributed by atoms with Crippen molar-refractivity contribution in [2.45, 2.75) is 0 Å². The second kappa shape index (κ2) is 5.17. The summed E-state index contributed by atoms with van der Waals surface area (Å²) in [7, 11) is 1.80. The van der Waals surface area contributed by atoms with Gasteiger partial charge in [-0.3, -0.25) is 4.99 Å². The van der Waals surface area contributed by atoms with Gasteiger partial charge in [-0.05, 0) is 5.39 Å². The van der Waals surface area contributed by atoms with E-state index in [0.29, 0.717) is 0 Å². The Balaban J connectivity index is 2.21. The molecule has 0 aliphatic heterocycles. The van der Waals surface area contributed by atoms with Crippen LogP contribution >= 0.6 is 0 Å². The first-order chi connectivity index (χ1) is 9.81. The van der Waals surface area contributed by atoms with Crippen LogP contribution in [0.4, 0.5) is 5.69 Å². The second-order valence-electron chi connectivity index (χ2n) is 4.69. The minimum atomic E-state index is 0.785. The third kappa shape index (κ3) is 2.05. The van der Waals surface area contributed by atoms with Gasteiger partial charge in [0.25, 0.3) is 0 Å². The lowest BCUT2D eigenvalue weighted by Gasteiger charge is -2.12. The zero-order chi connectivity index (χ0) is 13.9. The molecule has 0 spiro atoms. The van der Waals surface area contributed by atoms with E-state index in [2.05, 4.69) is 29.3 Å². The quantitative estimate of drug-likeness (QED) is 0.551. The van der Waals surface area contributed by atoms with Crippen LogP contribution in [0.5, 0.6) is 0 Å². The predicted molar refractivity (Wildman–Crippen MR) is 86.4 cm³/mol. The first-order valence-electron chi connectivity index (χ1n) is 6.61. The molecular weight excluding hydrogens is 244 g/mol. The molecule has 0 fully saturated rings. The topological polar surface area (TPSA) is 38.4 Å². The van der Waals surface area contributed by atoms with E-state index < -0.39 is 0 Å². The van der Waals surface area contributed by atoms with Gasteiger partial charge in [0, 0.05) is 29.2 Å². The third-order valence-electron chi connectivity index (χ3n) is 3.50. The largest absolute Gasteiger partial charge is 0.398 e. The summed E-state index contributed by atoms with van der Waals surface area (Å²) in [5, 5.41) is 2.22. The Morgan fingerprint density at radius 3 is 2.30 bits per heavy atom. The van der Waals surface area contributed by atoms with Gasteiger partial charge >= 0.3 is 0 Å². The van der Waals surface area contributed by atoms with Crippen LogP contribution in [0.2, 0.25) is 0 Å². The highest BCUT2D eigenvalue weighted by atomic mass is 14.7. The highest BCUT2D eigenvalue weighted by Gasteiger charge is 2.11. The smallest absolute Gasteiger partial charge is 0.0736 e. The molecule has 0 heterocycles. The Morgan fingerprint density at radius 1 is 0.850 bits per heavy atom. The van der Waals surface area contributed by atoms with Crippen LogP contribution in [0.25, 0.3) is 10.8 Å². The minimum Gasteiger partial charge on any atom is -0.398 e. The van der Waals surface area contributed by atoms with E-state index in [1.54, 1.807) is 7.05 Å². The molecule has 0 saturated heterocycles. The van der Waals surface area contributed by atoms with Crippen molar-refractivity contribution in [3.63, 3.8) is 0 Å². The summed E-state index contributed by atoms with van der Waals surface area (Å²) >= 11 is 0. The summed E-state index contributed by atoms with van der Waals surface area (Å²) in [4.78, 5) is 4.43. The van der Waals surface area contributed by atoms with Crippen LogP contribution in [0.15, 0.2) is 71.7 Å². The zero-order valence-electron chi connectivity index (χ0n) is 11.4. The zero-order valence-corrected chi connectivity index (χ0v) is 11.4. The first-order valence-corrected chi connectivity index (χ1v) is 6.61. The molecule has 20 heavy (non-hydrogen) atoms. The molecule has 3 aromatic rings. The summed E-state index contributed by atoms with van der Waals surface area (Å²) in [6.45, 7) is 0. The maximum absolute atomic E-state index is 6.35. The number of hydrogen-bond acceptors (Lipinski definition) is 2. The summed E-state index contributed by atoms with van der Waals surface area (Å²) < 4.78 is 0. The molecule has 0 atom stereocenters. The van der Waals surface area contributed by atoms with E-state index in [4.69, 9.17) is 5.73 Å². The second-order valence-corrected chi connectivity index (χ2v) is 4.69. The average molecular weight is 260 g/mol. The van der Waals surface area contributed by atoms with Gasteiger partial charge in [-0.25, -0.2) is 0 Å². The number of fused-ring (bicyclic) bond motifs is 1. The highest BCUT2D eigenvalue weighted by molar-refractivity contribution is 6.18. The van der Waals surface area contributed by atoms with Gasteiger partial charge < -0.3 is 5.73 Å². The lowest BCUT2D eigenvalue weighted by Crippen LogP contribution is -2.07. The van der Waals surface area contributed by atoms with Gasteiger partial charge in [-0.1, -0.05) is 66.7 Å². The van der Waals surface area contributed by atoms with Crippen molar-refractivity contribution in [3.8, 4) is 0 Å². The Hall–Kier alpha value is -2.61. The number of hydrogen-bond donors (Lipinski definition) is 1. The number of nitrogens with two attached hydrogens (primary N) is 1. The fourth-order valence-electron chi connectivity index (χ4n) is 2.50. The van der Waals surface area contributed by atoms with E-state index in [-0.39, 0.29) is 0 Å². The highest BCUT2D eigenvalue weighted by Crippen LogP contribution is 2.26. The van der Waals surface area contributed by atoms with Crippen molar-refractivity contribution in [1.82, 2.24) is 0 Å². The number of nitrogens with zero attached hydrogens (tertiary/aromatic N) is 1. The Bertz CT molecular complexity index is 774. The van der Waals surface area contributed by atoms with E-state index in [1.165, 1.54) is 0 Å². The van der Waals surface area contributed by atoms with Crippen molar-refractivity contribution in [2.24, 2.45) is 4.99 Å². The van der Waals surface area contributed by atoms with Gasteiger partial charge in [0.1, 0.15) is 0 Å². The molecule has 0 aliphatic rings. The number of anilines is 1. The molecule has 2 nitrogen and oxygen atoms in total. The molecule has 3 aromatic carbocycles. The number of nitrogen functional groups attached to an aromatic ring is 1. The molecule has 0 aromatic heterocycles. The average Bonchev–Trinajstić information content (AvgIpc) is 2.51. The summed E-state index contributed by atoms with van der Waals surface area (Å²) in [5.74, 6) is 0. The van der Waals surface area contributed by atoms with Crippen LogP contribution in [0.3, 0.4) is 0 Å². The standard InChI is InChI=1S/C18H16N2/c1-20-18(14-8-3-2-4-9-14)16-12-11-13-7-5-6-10-15(13)17(16)19/h2-12H,19H2,1H3. The lowest BCUT2D eigenvalue weighted by atomic mass is 9.97. The number of aliphatic imine (C=N–C) groups is 1. The Labute approximate surface area is 118 Å². The fraction of sp³-hybridized carbons (Fsp3) is 0.0556. The SMILES string of the molecule is CN=C(c1ccccc1)c1ccc2ccccc2c1N. The van der Waals surface area contributed by atoms with Crippen LogP contribution in [-0.4, -0.2) is 12.8 Å². The minimum absolute atomic E-state index is 0.785. The van der Waals surface area contributed by atoms with Crippen molar-refractivity contribution in [1.29, 1.82) is 0 Å². The van der Waals surface area contributed by atoms with Crippen LogP contribution in [0, 0.1) is 0 Å². The molecule has 2 N–H and O–H groups in total. The normalized spacial score (nSPS) is 11.8. The third-order valence-corrected chi connectivity index (χ3v) is 3.50. The molecule has 0 unspecified atom stereocenters. The van der Waals surface area contributed by atoms with Gasteiger partial charge in [0.2, 0.25) is 0 Å². The Kier molecular flexibility index (Phi) is 3.21. The van der Waals surface area contributed by atoms with Crippen molar-refractivity contribution < 1.29 is 0 Å². The molecule has 2 heteroatoms. The molecule has 98 valence electrons. The Morgan fingerprint density at radius 2 is 1.55 bits per heavy atom. The summed E-state index contributed by atoms with van der Waals surface area (Å²) in [5.41, 5.74) is 10.1. The summed E-state index contributed by atoms with van der Waals surface area (Å²) in [6, 6.07) is 22.4. The first kappa shape index (κ1) is 12.4. The lowest BCUT2D eigenvalue weighted by molar-refractivity contribution is 1.42. The molecule has 0 amide bonds. The van der Waals surface area contributed by atoms with E-state index in [1.807, 2.05) is 42.5 Å². The number of rotatable bonds is 2. The van der Waals surface area contributed by atoms with Crippen LogP contribution < -0.4 is 5.73 Å². The van der Waals surface area contributed by atoms with E-state index >= 15 is 0 Å². The molecule has 3 rings (SSSR count). The molecule has 0 saturated carbocycles. The monoisotopic (exact) mass is 260 g/mol. The van der Waals surface area contributed by atoms with Crippen molar-refractivity contribution in [3.05, 3.63) is 77.9 Å². The van der Waals surface area contributed by atoms with Crippen molar-refractivity contribution >= 4 is 22.2 Å². The van der Waals surface area contributed by atoms with Crippen LogP contribution in [0.1, 0.15) is 11.1 Å². The van der Waals surface area contributed by atoms with Crippen LogP contribution in [-0.2, 0) is 0 Å². The number of benzene rings is 3. The van der Waals surface area contributed by atoms with Crippen molar-refractivity contribution in [2.75, 3.05) is 12.8 Å². The van der Waals surface area contributed by atoms with Gasteiger partial charge in [0.15, 0.2) is 0 Å². The molecule has 0 aliphatic carbocycles. The maximum Gasteiger partial charge on any atom is 0.0736 e. The van der Waals surface area contributed by atoms with Gasteiger partial charge in [-0.15, -0.1) is 0 Å². The maximum atomic E-state index is 6.35. The van der Waals surface area contributed by atoms with E-state index in [9.17, 15) is 0 Å². The molecule has 0 radical (unpaired) electrons. The fourth-order valence-corrected chi connectivity index (χ4v) is 2.50. The predicted octanol–water partition coefficient (Wildman–Crippen LogP) is 3.89. The van der Waals surface area contributed by atoms with Gasteiger partial charge in [0.05, 0.1) is 5.71 Å².